The van der Waals surface area contributed by atoms with Gasteiger partial charge in [-0.1, -0.05) is 237 Å². The van der Waals surface area contributed by atoms with Gasteiger partial charge in [-0.2, -0.15) is 0 Å². The molecule has 2 aliphatic carbocycles. The lowest BCUT2D eigenvalue weighted by Crippen LogP contribution is -1.97. The SMILES string of the molecule is c1ccc(-c2ccc3c(c2)c2ccccc2n3-c2ccc3c(c2)c2ccc(-c4ccc5c(c4)c4ccccc4n5-c4ccc5c(c4)c4ccccc4n5-c4ccc5c(c4)c4ccccc4n5-c4cccc(-c5cc6c7c(cccc7c5)-c5ccccc5-6)c4)cc2n3-c2cccc(-c3cc4c5c(cccc5c3)-c3ccccc3-4)c2)cc1. The van der Waals surface area contributed by atoms with Crippen LogP contribution in [-0.2, 0) is 0 Å². The Hall–Kier alpha value is -15.3. The number of rotatable bonds is 9. The topological polar surface area (TPSA) is 24.6 Å². The third-order valence-electron chi connectivity index (χ3n) is 25.5. The number of nitrogens with zero attached hydrogens (tertiary/aromatic N) is 5. The lowest BCUT2D eigenvalue weighted by molar-refractivity contribution is 1.16. The zero-order valence-electron chi connectivity index (χ0n) is 62.3. The minimum absolute atomic E-state index is 1.11. The normalized spacial score (nSPS) is 12.3. The molecule has 24 aromatic rings. The predicted octanol–water partition coefficient (Wildman–Crippen LogP) is 29.4. The van der Waals surface area contributed by atoms with Crippen molar-refractivity contribution in [2.75, 3.05) is 0 Å². The number of benzene rings is 19. The first-order chi connectivity index (χ1) is 57.0. The van der Waals surface area contributed by atoms with Gasteiger partial charge in [0.05, 0.1) is 55.2 Å². The summed E-state index contributed by atoms with van der Waals surface area (Å²) in [6, 6.07) is 148. The summed E-state index contributed by atoms with van der Waals surface area (Å²) in [6.45, 7) is 0. The van der Waals surface area contributed by atoms with E-state index in [2.05, 4.69) is 417 Å². The largest absolute Gasteiger partial charge is 0.309 e. The highest BCUT2D eigenvalue weighted by molar-refractivity contribution is 6.21. The van der Waals surface area contributed by atoms with Gasteiger partial charge in [0, 0.05) is 82.3 Å². The molecule has 530 valence electrons. The highest BCUT2D eigenvalue weighted by Crippen LogP contribution is 2.52. The highest BCUT2D eigenvalue weighted by Gasteiger charge is 2.27. The number of hydrogen-bond donors (Lipinski definition) is 0. The highest BCUT2D eigenvalue weighted by atomic mass is 15.0. The molecule has 5 aromatic heterocycles. The molecular formula is C110H65N5. The second-order valence-electron chi connectivity index (χ2n) is 31.5. The molecule has 0 saturated carbocycles. The summed E-state index contributed by atoms with van der Waals surface area (Å²) in [4.78, 5) is 0. The lowest BCUT2D eigenvalue weighted by atomic mass is 9.96. The molecule has 0 unspecified atom stereocenters. The van der Waals surface area contributed by atoms with Crippen molar-refractivity contribution in [1.82, 2.24) is 22.8 Å². The van der Waals surface area contributed by atoms with Gasteiger partial charge < -0.3 is 22.8 Å². The quantitative estimate of drug-likeness (QED) is 0.138. The molecule has 0 radical (unpaired) electrons. The van der Waals surface area contributed by atoms with Gasteiger partial charge in [0.15, 0.2) is 0 Å². The fourth-order valence-corrected chi connectivity index (χ4v) is 20.5. The van der Waals surface area contributed by atoms with E-state index in [0.717, 1.165) is 67.1 Å². The maximum atomic E-state index is 2.51. The van der Waals surface area contributed by atoms with Gasteiger partial charge in [0.2, 0.25) is 0 Å². The third kappa shape index (κ3) is 8.97. The molecule has 26 rings (SSSR count). The van der Waals surface area contributed by atoms with Crippen molar-refractivity contribution in [3.8, 4) is 117 Å². The monoisotopic (exact) mass is 1460 g/mol. The average molecular weight is 1460 g/mol. The fraction of sp³-hybridized carbons (Fsp3) is 0. The van der Waals surface area contributed by atoms with E-state index in [4.69, 9.17) is 0 Å². The van der Waals surface area contributed by atoms with Crippen molar-refractivity contribution in [2.24, 2.45) is 0 Å². The Labute approximate surface area is 660 Å². The van der Waals surface area contributed by atoms with E-state index in [1.165, 1.54) is 181 Å². The van der Waals surface area contributed by atoms with Crippen LogP contribution in [0.4, 0.5) is 0 Å². The zero-order chi connectivity index (χ0) is 74.8. The van der Waals surface area contributed by atoms with Crippen LogP contribution >= 0.6 is 0 Å². The van der Waals surface area contributed by atoms with E-state index in [9.17, 15) is 0 Å². The zero-order valence-corrected chi connectivity index (χ0v) is 62.3. The number of hydrogen-bond acceptors (Lipinski definition) is 0. The molecule has 5 nitrogen and oxygen atoms in total. The van der Waals surface area contributed by atoms with Crippen molar-refractivity contribution in [3.05, 3.63) is 394 Å². The summed E-state index contributed by atoms with van der Waals surface area (Å²) in [7, 11) is 0. The summed E-state index contributed by atoms with van der Waals surface area (Å²) < 4.78 is 12.4. The van der Waals surface area contributed by atoms with E-state index >= 15 is 0 Å². The molecule has 5 heterocycles. The molecule has 0 aliphatic heterocycles. The summed E-state index contributed by atoms with van der Waals surface area (Å²) in [5.74, 6) is 0. The Bertz CT molecular complexity index is 8420. The Balaban J connectivity index is 0.597. The van der Waals surface area contributed by atoms with Crippen molar-refractivity contribution in [3.63, 3.8) is 0 Å². The van der Waals surface area contributed by atoms with Crippen molar-refractivity contribution in [1.29, 1.82) is 0 Å². The second kappa shape index (κ2) is 23.6. The van der Waals surface area contributed by atoms with Crippen LogP contribution in [0.2, 0.25) is 0 Å². The average Bonchev–Trinajstić information content (AvgIpc) is 1.58. The molecule has 19 aromatic carbocycles. The van der Waals surface area contributed by atoms with Crippen LogP contribution in [0, 0.1) is 0 Å². The Morgan fingerprint density at radius 2 is 0.409 bits per heavy atom. The fourth-order valence-electron chi connectivity index (χ4n) is 20.5. The van der Waals surface area contributed by atoms with Crippen LogP contribution in [0.5, 0.6) is 0 Å². The molecule has 0 atom stereocenters. The Morgan fingerprint density at radius 1 is 0.122 bits per heavy atom. The minimum atomic E-state index is 1.11. The van der Waals surface area contributed by atoms with Crippen LogP contribution in [-0.4, -0.2) is 22.8 Å². The smallest absolute Gasteiger partial charge is 0.0547 e. The minimum Gasteiger partial charge on any atom is -0.309 e. The van der Waals surface area contributed by atoms with Crippen LogP contribution < -0.4 is 0 Å². The summed E-state index contributed by atoms with van der Waals surface area (Å²) in [5.41, 5.74) is 37.2. The van der Waals surface area contributed by atoms with E-state index in [0.29, 0.717) is 0 Å². The molecule has 0 saturated heterocycles. The summed E-state index contributed by atoms with van der Waals surface area (Å²) in [6.07, 6.45) is 0. The van der Waals surface area contributed by atoms with Crippen molar-refractivity contribution >= 4 is 131 Å². The Kier molecular flexibility index (Phi) is 12.8. The number of para-hydroxylation sites is 4. The molecule has 0 amide bonds. The molecule has 5 heteroatoms. The van der Waals surface area contributed by atoms with Gasteiger partial charge in [-0.3, -0.25) is 0 Å². The predicted molar refractivity (Wildman–Crippen MR) is 484 cm³/mol. The first kappa shape index (κ1) is 62.5. The molecule has 0 fully saturated rings. The first-order valence-electron chi connectivity index (χ1n) is 39.8. The lowest BCUT2D eigenvalue weighted by Gasteiger charge is -2.13. The molecule has 0 N–H and O–H groups in total. The van der Waals surface area contributed by atoms with Gasteiger partial charge in [-0.25, -0.2) is 0 Å². The second-order valence-corrected chi connectivity index (χ2v) is 31.5. The van der Waals surface area contributed by atoms with Gasteiger partial charge in [-0.15, -0.1) is 0 Å². The Morgan fingerprint density at radius 3 is 0.843 bits per heavy atom. The van der Waals surface area contributed by atoms with Crippen LogP contribution in [0.1, 0.15) is 0 Å². The van der Waals surface area contributed by atoms with Crippen LogP contribution in [0.3, 0.4) is 0 Å². The standard InChI is InChI=1S/C110H65N5/c1-2-20-66(21-3-1)69-43-49-103-92(58-69)85-32-8-12-38-99(85)113(103)80-47-53-107-96(65-80)89-48-42-71(62-108(89)115(107)77-27-17-23-68(57-77)75-55-73-25-19-37-91-82-29-5-7-31-84(82)98(61-75)110(73)91)70-44-50-104-93(59-70)86-33-9-13-39-100(86)112(104)78-46-52-106-95(63-78)88-35-11-15-41-102(88)114(106)79-45-51-105-94(64-79)87-34-10-14-40-101(87)111(105)76-26-16-22-67(56-76)74-54-72-24-18-36-90-81-28-4-6-30-83(81)97(60-74)109(72)90/h1-65H. The number of fused-ring (bicyclic) bond motifs is 21. The van der Waals surface area contributed by atoms with Crippen molar-refractivity contribution in [2.45, 2.75) is 0 Å². The number of aromatic nitrogens is 5. The summed E-state index contributed by atoms with van der Waals surface area (Å²) in [5, 5.41) is 17.3. The van der Waals surface area contributed by atoms with E-state index in [1.54, 1.807) is 0 Å². The van der Waals surface area contributed by atoms with Crippen LogP contribution in [0.25, 0.3) is 248 Å². The van der Waals surface area contributed by atoms with Gasteiger partial charge in [0.1, 0.15) is 0 Å². The van der Waals surface area contributed by atoms with Crippen molar-refractivity contribution < 1.29 is 0 Å². The molecule has 0 spiro atoms. The van der Waals surface area contributed by atoms with Gasteiger partial charge >= 0.3 is 0 Å². The van der Waals surface area contributed by atoms with Gasteiger partial charge in [0.25, 0.3) is 0 Å². The van der Waals surface area contributed by atoms with E-state index in [-0.39, 0.29) is 0 Å². The third-order valence-corrected chi connectivity index (χ3v) is 25.5. The molecule has 2 aliphatic rings. The van der Waals surface area contributed by atoms with E-state index in [1.807, 2.05) is 0 Å². The van der Waals surface area contributed by atoms with Crippen LogP contribution in [0.15, 0.2) is 394 Å². The van der Waals surface area contributed by atoms with E-state index < -0.39 is 0 Å². The first-order valence-corrected chi connectivity index (χ1v) is 39.8. The maximum Gasteiger partial charge on any atom is 0.0547 e. The molecule has 115 heavy (non-hydrogen) atoms. The van der Waals surface area contributed by atoms with Gasteiger partial charge in [-0.05, 0) is 268 Å². The molecule has 0 bridgehead atoms. The maximum absolute atomic E-state index is 2.51. The molecular weight excluding hydrogens is 1390 g/mol. The summed E-state index contributed by atoms with van der Waals surface area (Å²) >= 11 is 0.